The van der Waals surface area contributed by atoms with Crippen molar-refractivity contribution >= 4 is 17.5 Å². The second-order valence-corrected chi connectivity index (χ2v) is 3.96. The van der Waals surface area contributed by atoms with Gasteiger partial charge in [-0.15, -0.1) is 0 Å². The van der Waals surface area contributed by atoms with E-state index in [4.69, 9.17) is 16.3 Å². The number of nitrogens with one attached hydrogen (secondary N) is 1. The Bertz CT molecular complexity index is 391. The van der Waals surface area contributed by atoms with E-state index in [2.05, 4.69) is 5.32 Å². The van der Waals surface area contributed by atoms with Gasteiger partial charge in [-0.25, -0.2) is 0 Å². The van der Waals surface area contributed by atoms with Gasteiger partial charge in [-0.2, -0.15) is 0 Å². The predicted molar refractivity (Wildman–Crippen MR) is 65.4 cm³/mol. The quantitative estimate of drug-likeness (QED) is 0.880. The molecule has 0 saturated carbocycles. The fourth-order valence-corrected chi connectivity index (χ4v) is 1.63. The average molecular weight is 242 g/mol. The lowest BCUT2D eigenvalue weighted by atomic mass is 10.1. The molecule has 1 rings (SSSR count). The van der Waals surface area contributed by atoms with Crippen LogP contribution in [0.3, 0.4) is 0 Å². The van der Waals surface area contributed by atoms with Crippen molar-refractivity contribution in [2.75, 3.05) is 13.7 Å². The molecule has 0 aliphatic carbocycles. The Balaban J connectivity index is 2.97. The summed E-state index contributed by atoms with van der Waals surface area (Å²) in [5.74, 6) is 0.495. The first-order valence-electron chi connectivity index (χ1n) is 5.22. The van der Waals surface area contributed by atoms with Crippen LogP contribution >= 0.6 is 11.6 Å². The molecular formula is C12H16ClNO2. The zero-order valence-corrected chi connectivity index (χ0v) is 10.5. The molecule has 16 heavy (non-hydrogen) atoms. The molecule has 88 valence electrons. The summed E-state index contributed by atoms with van der Waals surface area (Å²) in [6.45, 7) is 4.54. The fraction of sp³-hybridized carbons (Fsp3) is 0.417. The van der Waals surface area contributed by atoms with E-state index in [0.717, 1.165) is 12.0 Å². The summed E-state index contributed by atoms with van der Waals surface area (Å²) in [6.07, 6.45) is 0.911. The van der Waals surface area contributed by atoms with Crippen LogP contribution in [0.5, 0.6) is 5.75 Å². The summed E-state index contributed by atoms with van der Waals surface area (Å²) >= 11 is 5.97. The van der Waals surface area contributed by atoms with Gasteiger partial charge in [0, 0.05) is 12.1 Å². The maximum atomic E-state index is 11.8. The molecule has 1 aromatic rings. The molecule has 0 heterocycles. The van der Waals surface area contributed by atoms with Gasteiger partial charge in [0.2, 0.25) is 0 Å². The third kappa shape index (κ3) is 2.89. The first-order valence-corrected chi connectivity index (χ1v) is 5.60. The Morgan fingerprint density at radius 1 is 1.50 bits per heavy atom. The van der Waals surface area contributed by atoms with Gasteiger partial charge in [0.25, 0.3) is 5.91 Å². The Labute approximate surface area is 101 Å². The van der Waals surface area contributed by atoms with Crippen LogP contribution in [-0.4, -0.2) is 19.6 Å². The number of amides is 1. The average Bonchev–Trinajstić information content (AvgIpc) is 2.28. The van der Waals surface area contributed by atoms with E-state index in [1.165, 1.54) is 0 Å². The third-order valence-electron chi connectivity index (χ3n) is 2.28. The van der Waals surface area contributed by atoms with Gasteiger partial charge in [0.15, 0.2) is 0 Å². The van der Waals surface area contributed by atoms with E-state index >= 15 is 0 Å². The molecular weight excluding hydrogens is 226 g/mol. The maximum Gasteiger partial charge on any atom is 0.251 e. The minimum absolute atomic E-state index is 0.0936. The summed E-state index contributed by atoms with van der Waals surface area (Å²) < 4.78 is 5.08. The van der Waals surface area contributed by atoms with Crippen molar-refractivity contribution in [3.63, 3.8) is 0 Å². The highest BCUT2D eigenvalue weighted by molar-refractivity contribution is 6.32. The van der Waals surface area contributed by atoms with Crippen LogP contribution in [0.15, 0.2) is 12.1 Å². The standard InChI is InChI=1S/C12H16ClNO2/c1-4-5-14-12(15)9-7-10(13)11(16-3)6-8(9)2/h6-7H,4-5H2,1-3H3,(H,14,15). The molecule has 3 nitrogen and oxygen atoms in total. The van der Waals surface area contributed by atoms with Crippen molar-refractivity contribution in [1.82, 2.24) is 5.32 Å². The van der Waals surface area contributed by atoms with Crippen molar-refractivity contribution in [2.24, 2.45) is 0 Å². The van der Waals surface area contributed by atoms with Crippen LogP contribution in [0, 0.1) is 6.92 Å². The molecule has 0 aromatic heterocycles. The Hall–Kier alpha value is -1.22. The van der Waals surface area contributed by atoms with Gasteiger partial charge in [0.05, 0.1) is 12.1 Å². The first-order chi connectivity index (χ1) is 7.60. The number of carbonyl (C=O) groups excluding carboxylic acids is 1. The van der Waals surface area contributed by atoms with Crippen LogP contribution in [0.1, 0.15) is 29.3 Å². The van der Waals surface area contributed by atoms with Crippen molar-refractivity contribution in [1.29, 1.82) is 0 Å². The van der Waals surface area contributed by atoms with Crippen molar-refractivity contribution < 1.29 is 9.53 Å². The topological polar surface area (TPSA) is 38.3 Å². The second-order valence-electron chi connectivity index (χ2n) is 3.56. The highest BCUT2D eigenvalue weighted by Crippen LogP contribution is 2.27. The van der Waals surface area contributed by atoms with Crippen LogP contribution in [-0.2, 0) is 0 Å². The van der Waals surface area contributed by atoms with Gasteiger partial charge in [0.1, 0.15) is 5.75 Å². The van der Waals surface area contributed by atoms with Gasteiger partial charge in [-0.1, -0.05) is 18.5 Å². The monoisotopic (exact) mass is 241 g/mol. The molecule has 1 aromatic carbocycles. The molecule has 0 saturated heterocycles. The number of rotatable bonds is 4. The number of hydrogen-bond donors (Lipinski definition) is 1. The maximum absolute atomic E-state index is 11.8. The van der Waals surface area contributed by atoms with Crippen molar-refractivity contribution in [2.45, 2.75) is 20.3 Å². The summed E-state index contributed by atoms with van der Waals surface area (Å²) in [5, 5.41) is 3.27. The molecule has 0 bridgehead atoms. The molecule has 0 unspecified atom stereocenters. The minimum Gasteiger partial charge on any atom is -0.495 e. The zero-order valence-electron chi connectivity index (χ0n) is 9.76. The number of hydrogen-bond acceptors (Lipinski definition) is 2. The van der Waals surface area contributed by atoms with Crippen LogP contribution in [0.25, 0.3) is 0 Å². The lowest BCUT2D eigenvalue weighted by molar-refractivity contribution is 0.0953. The first kappa shape index (κ1) is 12.8. The van der Waals surface area contributed by atoms with Crippen LogP contribution in [0.2, 0.25) is 5.02 Å². The summed E-state index contributed by atoms with van der Waals surface area (Å²) in [6, 6.07) is 3.41. The molecule has 0 fully saturated rings. The van der Waals surface area contributed by atoms with Gasteiger partial charge >= 0.3 is 0 Å². The molecule has 1 N–H and O–H groups in total. The van der Waals surface area contributed by atoms with E-state index in [0.29, 0.717) is 22.9 Å². The van der Waals surface area contributed by atoms with Gasteiger partial charge < -0.3 is 10.1 Å². The third-order valence-corrected chi connectivity index (χ3v) is 2.57. The predicted octanol–water partition coefficient (Wildman–Crippen LogP) is 2.80. The highest BCUT2D eigenvalue weighted by atomic mass is 35.5. The molecule has 0 aliphatic rings. The van der Waals surface area contributed by atoms with Gasteiger partial charge in [-0.3, -0.25) is 4.79 Å². The fourth-order valence-electron chi connectivity index (χ4n) is 1.39. The minimum atomic E-state index is -0.0936. The second kappa shape index (κ2) is 5.75. The molecule has 0 spiro atoms. The number of benzene rings is 1. The Morgan fingerprint density at radius 3 is 2.75 bits per heavy atom. The Kier molecular flexibility index (Phi) is 4.62. The largest absolute Gasteiger partial charge is 0.495 e. The number of ether oxygens (including phenoxy) is 1. The zero-order chi connectivity index (χ0) is 12.1. The van der Waals surface area contributed by atoms with Crippen LogP contribution < -0.4 is 10.1 Å². The molecule has 0 aliphatic heterocycles. The molecule has 1 amide bonds. The number of methoxy groups -OCH3 is 1. The van der Waals surface area contributed by atoms with Gasteiger partial charge in [-0.05, 0) is 31.0 Å². The number of aryl methyl sites for hydroxylation is 1. The summed E-state index contributed by atoms with van der Waals surface area (Å²) in [5.41, 5.74) is 1.45. The van der Waals surface area contributed by atoms with Crippen molar-refractivity contribution in [3.05, 3.63) is 28.3 Å². The smallest absolute Gasteiger partial charge is 0.251 e. The van der Waals surface area contributed by atoms with Crippen LogP contribution in [0.4, 0.5) is 0 Å². The lowest BCUT2D eigenvalue weighted by Gasteiger charge is -2.10. The van der Waals surface area contributed by atoms with E-state index in [9.17, 15) is 4.79 Å². The molecule has 0 atom stereocenters. The van der Waals surface area contributed by atoms with E-state index < -0.39 is 0 Å². The Morgan fingerprint density at radius 2 is 2.19 bits per heavy atom. The molecule has 4 heteroatoms. The van der Waals surface area contributed by atoms with E-state index in [-0.39, 0.29) is 5.91 Å². The highest BCUT2D eigenvalue weighted by Gasteiger charge is 2.12. The summed E-state index contributed by atoms with van der Waals surface area (Å²) in [7, 11) is 1.55. The van der Waals surface area contributed by atoms with E-state index in [1.807, 2.05) is 13.8 Å². The molecule has 0 radical (unpaired) electrons. The summed E-state index contributed by atoms with van der Waals surface area (Å²) in [4.78, 5) is 11.8. The number of halogens is 1. The number of carbonyl (C=O) groups is 1. The lowest BCUT2D eigenvalue weighted by Crippen LogP contribution is -2.24. The SMILES string of the molecule is CCCNC(=O)c1cc(Cl)c(OC)cc1C. The normalized spacial score (nSPS) is 10.0. The van der Waals surface area contributed by atoms with Crippen molar-refractivity contribution in [3.8, 4) is 5.75 Å². The van der Waals surface area contributed by atoms with E-state index in [1.54, 1.807) is 19.2 Å².